The van der Waals surface area contributed by atoms with Crippen molar-refractivity contribution in [2.45, 2.75) is 27.3 Å². The van der Waals surface area contributed by atoms with Gasteiger partial charge in [-0.25, -0.2) is 4.98 Å². The smallest absolute Gasteiger partial charge is 0.160 e. The molecule has 7 nitrogen and oxygen atoms in total. The van der Waals surface area contributed by atoms with Crippen molar-refractivity contribution in [2.75, 3.05) is 12.8 Å². The van der Waals surface area contributed by atoms with E-state index in [9.17, 15) is 10.4 Å². The molecule has 3 aromatic rings. The highest BCUT2D eigenvalue weighted by atomic mass is 16.5. The molecule has 0 unspecified atom stereocenters. The molecular formula is C20H21N5O2. The molecule has 2 aromatic heterocycles. The van der Waals surface area contributed by atoms with Crippen LogP contribution in [0.4, 0.5) is 5.82 Å². The number of aromatic nitrogens is 3. The highest BCUT2D eigenvalue weighted by Gasteiger charge is 2.19. The van der Waals surface area contributed by atoms with Crippen LogP contribution in [0, 0.1) is 25.2 Å². The molecule has 0 radical (unpaired) electrons. The van der Waals surface area contributed by atoms with Crippen LogP contribution in [-0.2, 0) is 6.54 Å². The van der Waals surface area contributed by atoms with E-state index >= 15 is 0 Å². The van der Waals surface area contributed by atoms with Gasteiger partial charge in [-0.3, -0.25) is 4.68 Å². The number of phenols is 1. The van der Waals surface area contributed by atoms with Gasteiger partial charge in [0.15, 0.2) is 11.5 Å². The van der Waals surface area contributed by atoms with E-state index in [1.54, 1.807) is 18.2 Å². The van der Waals surface area contributed by atoms with Gasteiger partial charge in [-0.15, -0.1) is 0 Å². The third kappa shape index (κ3) is 3.06. The number of aromatic hydroxyl groups is 1. The van der Waals surface area contributed by atoms with E-state index < -0.39 is 0 Å². The van der Waals surface area contributed by atoms with E-state index in [2.05, 4.69) is 16.2 Å². The fourth-order valence-corrected chi connectivity index (χ4v) is 3.27. The first-order valence-electron chi connectivity index (χ1n) is 8.53. The summed E-state index contributed by atoms with van der Waals surface area (Å²) in [5.74, 6) is 0.487. The van der Waals surface area contributed by atoms with E-state index in [-0.39, 0.29) is 17.1 Å². The first-order valence-corrected chi connectivity index (χ1v) is 8.53. The van der Waals surface area contributed by atoms with E-state index in [0.29, 0.717) is 22.6 Å². The number of benzene rings is 1. The van der Waals surface area contributed by atoms with Crippen LogP contribution in [0.1, 0.15) is 23.9 Å². The lowest BCUT2D eigenvalue weighted by atomic mass is 9.97. The van der Waals surface area contributed by atoms with Gasteiger partial charge in [-0.2, -0.15) is 10.4 Å². The standard InChI is InChI=1S/C20H21N5O2/c1-5-25-12(3)19(11(2)24-25)16-9-14(15(10-21)20(22)23-16)13-6-7-18(27-4)17(26)8-13/h6-9,26H,5H2,1-4H3,(H2,22,23). The van der Waals surface area contributed by atoms with Crippen molar-refractivity contribution in [1.29, 1.82) is 5.26 Å². The number of hydrogen-bond acceptors (Lipinski definition) is 6. The molecule has 3 N–H and O–H groups in total. The van der Waals surface area contributed by atoms with Crippen molar-refractivity contribution in [3.8, 4) is 40.0 Å². The van der Waals surface area contributed by atoms with Gasteiger partial charge < -0.3 is 15.6 Å². The largest absolute Gasteiger partial charge is 0.504 e. The Bertz CT molecular complexity index is 1060. The zero-order valence-electron chi connectivity index (χ0n) is 15.7. The minimum absolute atomic E-state index is 0.0120. The predicted molar refractivity (Wildman–Crippen MR) is 103 cm³/mol. The summed E-state index contributed by atoms with van der Waals surface area (Å²) in [5.41, 5.74) is 11.0. The van der Waals surface area contributed by atoms with Crippen LogP contribution in [0.2, 0.25) is 0 Å². The second kappa shape index (κ2) is 7.00. The van der Waals surface area contributed by atoms with Crippen LogP contribution in [-0.4, -0.2) is 27.0 Å². The summed E-state index contributed by atoms with van der Waals surface area (Å²) >= 11 is 0. The Morgan fingerprint density at radius 2 is 2.04 bits per heavy atom. The minimum Gasteiger partial charge on any atom is -0.504 e. The second-order valence-electron chi connectivity index (χ2n) is 6.18. The lowest BCUT2D eigenvalue weighted by molar-refractivity contribution is 0.373. The van der Waals surface area contributed by atoms with Crippen molar-refractivity contribution >= 4 is 5.82 Å². The molecule has 7 heteroatoms. The van der Waals surface area contributed by atoms with Crippen molar-refractivity contribution in [1.82, 2.24) is 14.8 Å². The maximum atomic E-state index is 10.1. The fourth-order valence-electron chi connectivity index (χ4n) is 3.27. The Balaban J connectivity index is 2.26. The number of methoxy groups -OCH3 is 1. The molecule has 138 valence electrons. The highest BCUT2D eigenvalue weighted by molar-refractivity contribution is 5.82. The predicted octanol–water partition coefficient (Wildman–Crippen LogP) is 3.42. The molecule has 27 heavy (non-hydrogen) atoms. The molecule has 1 aromatic carbocycles. The Kier molecular flexibility index (Phi) is 4.74. The van der Waals surface area contributed by atoms with Gasteiger partial charge >= 0.3 is 0 Å². The Labute approximate surface area is 157 Å². The molecule has 0 aliphatic heterocycles. The molecule has 0 amide bonds. The summed E-state index contributed by atoms with van der Waals surface area (Å²) < 4.78 is 7.00. The molecule has 0 aliphatic rings. The lowest BCUT2D eigenvalue weighted by Gasteiger charge is -2.12. The third-order valence-electron chi connectivity index (χ3n) is 4.59. The number of ether oxygens (including phenoxy) is 1. The second-order valence-corrected chi connectivity index (χ2v) is 6.18. The average Bonchev–Trinajstić information content (AvgIpc) is 2.94. The van der Waals surface area contributed by atoms with Gasteiger partial charge in [0.25, 0.3) is 0 Å². The molecular weight excluding hydrogens is 342 g/mol. The van der Waals surface area contributed by atoms with E-state index in [4.69, 9.17) is 10.5 Å². The molecule has 0 aliphatic carbocycles. The number of nitrogen functional groups attached to an aromatic ring is 1. The number of rotatable bonds is 4. The molecule has 0 atom stereocenters. The number of pyridine rings is 1. The molecule has 0 saturated carbocycles. The summed E-state index contributed by atoms with van der Waals surface area (Å²) in [7, 11) is 1.48. The Morgan fingerprint density at radius 3 is 2.59 bits per heavy atom. The van der Waals surface area contributed by atoms with Crippen LogP contribution in [0.3, 0.4) is 0 Å². The summed E-state index contributed by atoms with van der Waals surface area (Å²) in [6, 6.07) is 8.89. The van der Waals surface area contributed by atoms with Crippen molar-refractivity contribution in [2.24, 2.45) is 0 Å². The van der Waals surface area contributed by atoms with Crippen LogP contribution < -0.4 is 10.5 Å². The normalized spacial score (nSPS) is 10.6. The first kappa shape index (κ1) is 18.3. The molecule has 2 heterocycles. The van der Waals surface area contributed by atoms with Crippen molar-refractivity contribution < 1.29 is 9.84 Å². The van der Waals surface area contributed by atoms with Gasteiger partial charge in [-0.1, -0.05) is 6.07 Å². The third-order valence-corrected chi connectivity index (χ3v) is 4.59. The molecule has 3 rings (SSSR count). The van der Waals surface area contributed by atoms with Crippen LogP contribution in [0.5, 0.6) is 11.5 Å². The van der Waals surface area contributed by atoms with Gasteiger partial charge in [0.2, 0.25) is 0 Å². The van der Waals surface area contributed by atoms with Crippen LogP contribution in [0.25, 0.3) is 22.4 Å². The number of nitriles is 1. The molecule has 0 bridgehead atoms. The topological polar surface area (TPSA) is 110 Å². The summed E-state index contributed by atoms with van der Waals surface area (Å²) in [4.78, 5) is 4.44. The number of nitrogens with zero attached hydrogens (tertiary/aromatic N) is 4. The fraction of sp³-hybridized carbons (Fsp3) is 0.250. The monoisotopic (exact) mass is 363 g/mol. The molecule has 0 saturated heterocycles. The zero-order valence-corrected chi connectivity index (χ0v) is 15.7. The number of hydrogen-bond donors (Lipinski definition) is 2. The SMILES string of the molecule is CCn1nc(C)c(-c2cc(-c3ccc(OC)c(O)c3)c(C#N)c(N)n2)c1C. The molecule has 0 fully saturated rings. The van der Waals surface area contributed by atoms with Crippen LogP contribution in [0.15, 0.2) is 24.3 Å². The number of aryl methyl sites for hydroxylation is 2. The number of nitrogens with two attached hydrogens (primary N) is 1. The van der Waals surface area contributed by atoms with Crippen molar-refractivity contribution in [3.05, 3.63) is 41.2 Å². The average molecular weight is 363 g/mol. The summed E-state index contributed by atoms with van der Waals surface area (Å²) in [5, 5.41) is 24.2. The van der Waals surface area contributed by atoms with E-state index in [0.717, 1.165) is 23.5 Å². The van der Waals surface area contributed by atoms with Gasteiger partial charge in [0.1, 0.15) is 17.5 Å². The molecule has 0 spiro atoms. The van der Waals surface area contributed by atoms with Gasteiger partial charge in [-0.05, 0) is 44.5 Å². The minimum atomic E-state index is -0.0120. The summed E-state index contributed by atoms with van der Waals surface area (Å²) in [6.07, 6.45) is 0. The van der Waals surface area contributed by atoms with Gasteiger partial charge in [0.05, 0.1) is 18.5 Å². The lowest BCUT2D eigenvalue weighted by Crippen LogP contribution is -2.01. The van der Waals surface area contributed by atoms with E-state index in [1.165, 1.54) is 7.11 Å². The Hall–Kier alpha value is -3.53. The summed E-state index contributed by atoms with van der Waals surface area (Å²) in [6.45, 7) is 6.67. The first-order chi connectivity index (χ1) is 12.9. The zero-order chi connectivity index (χ0) is 19.7. The number of anilines is 1. The van der Waals surface area contributed by atoms with Crippen molar-refractivity contribution in [3.63, 3.8) is 0 Å². The van der Waals surface area contributed by atoms with E-state index in [1.807, 2.05) is 31.5 Å². The number of phenolic OH excluding ortho intramolecular Hbond substituents is 1. The Morgan fingerprint density at radius 1 is 1.30 bits per heavy atom. The maximum Gasteiger partial charge on any atom is 0.160 e. The quantitative estimate of drug-likeness (QED) is 0.735. The highest BCUT2D eigenvalue weighted by Crippen LogP contribution is 2.37. The maximum absolute atomic E-state index is 10.1. The van der Waals surface area contributed by atoms with Crippen LogP contribution >= 0.6 is 0 Å². The van der Waals surface area contributed by atoms with Gasteiger partial charge in [0, 0.05) is 23.4 Å².